The molecule has 2 heterocycles. The maximum absolute atomic E-state index is 12.9. The third-order valence-corrected chi connectivity index (χ3v) is 2.45. The van der Waals surface area contributed by atoms with Gasteiger partial charge < -0.3 is 9.72 Å². The van der Waals surface area contributed by atoms with Crippen LogP contribution in [-0.2, 0) is 10.9 Å². The second kappa shape index (κ2) is 4.69. The number of ether oxygens (including phenoxy) is 1. The molecule has 19 heavy (non-hydrogen) atoms. The van der Waals surface area contributed by atoms with Crippen molar-refractivity contribution in [1.29, 1.82) is 0 Å². The molecule has 102 valence electrons. The van der Waals surface area contributed by atoms with Crippen LogP contribution in [0.2, 0.25) is 5.28 Å². The molecule has 0 saturated carbocycles. The summed E-state index contributed by atoms with van der Waals surface area (Å²) in [5.74, 6) is -1.11. The highest BCUT2D eigenvalue weighted by atomic mass is 35.5. The van der Waals surface area contributed by atoms with E-state index in [-0.39, 0.29) is 22.9 Å². The van der Waals surface area contributed by atoms with Gasteiger partial charge >= 0.3 is 12.1 Å². The fourth-order valence-corrected chi connectivity index (χ4v) is 1.71. The van der Waals surface area contributed by atoms with Crippen LogP contribution in [-0.4, -0.2) is 27.5 Å². The van der Waals surface area contributed by atoms with E-state index in [9.17, 15) is 18.0 Å². The molecule has 9 heteroatoms. The summed E-state index contributed by atoms with van der Waals surface area (Å²) >= 11 is 5.53. The Morgan fingerprint density at radius 3 is 2.79 bits per heavy atom. The fraction of sp³-hybridized carbons (Fsp3) is 0.300. The Morgan fingerprint density at radius 2 is 2.21 bits per heavy atom. The molecule has 1 N–H and O–H groups in total. The zero-order chi connectivity index (χ0) is 14.2. The maximum Gasteiger partial charge on any atom is 0.432 e. The molecule has 0 spiro atoms. The first-order valence-corrected chi connectivity index (χ1v) is 5.51. The number of H-pyrrole nitrogens is 1. The normalized spacial score (nSPS) is 11.8. The number of hydrogen-bond donors (Lipinski definition) is 1. The van der Waals surface area contributed by atoms with Crippen molar-refractivity contribution in [2.75, 3.05) is 6.61 Å². The van der Waals surface area contributed by atoms with Crippen molar-refractivity contribution in [2.45, 2.75) is 13.1 Å². The van der Waals surface area contributed by atoms with Crippen LogP contribution in [0.15, 0.2) is 6.20 Å². The Kier molecular flexibility index (Phi) is 3.36. The first-order chi connectivity index (χ1) is 8.84. The zero-order valence-electron chi connectivity index (χ0n) is 9.51. The van der Waals surface area contributed by atoms with Gasteiger partial charge in [-0.25, -0.2) is 14.8 Å². The Morgan fingerprint density at radius 1 is 1.53 bits per heavy atom. The van der Waals surface area contributed by atoms with Crippen LogP contribution < -0.4 is 0 Å². The molecule has 0 saturated heterocycles. The van der Waals surface area contributed by atoms with Crippen LogP contribution >= 0.6 is 11.6 Å². The Hall–Kier alpha value is -1.83. The van der Waals surface area contributed by atoms with E-state index in [4.69, 9.17) is 11.6 Å². The van der Waals surface area contributed by atoms with Gasteiger partial charge in [-0.1, -0.05) is 0 Å². The van der Waals surface area contributed by atoms with E-state index in [1.807, 2.05) is 0 Å². The lowest BCUT2D eigenvalue weighted by Crippen LogP contribution is -2.14. The minimum Gasteiger partial charge on any atom is -0.462 e. The molecule has 0 unspecified atom stereocenters. The highest BCUT2D eigenvalue weighted by Gasteiger charge is 2.39. The lowest BCUT2D eigenvalue weighted by Gasteiger charge is -2.07. The fourth-order valence-electron chi connectivity index (χ4n) is 1.57. The first-order valence-electron chi connectivity index (χ1n) is 5.13. The summed E-state index contributed by atoms with van der Waals surface area (Å²) in [4.78, 5) is 20.9. The minimum atomic E-state index is -4.74. The molecular weight excluding hydrogens is 287 g/mol. The molecule has 0 aliphatic rings. The number of fused-ring (bicyclic) bond motifs is 1. The number of aromatic nitrogens is 3. The SMILES string of the molecule is CCOC(=O)c1c(C(F)(F)F)[nH]c2cnc(Cl)nc12. The van der Waals surface area contributed by atoms with Crippen molar-refractivity contribution in [2.24, 2.45) is 0 Å². The molecule has 0 atom stereocenters. The van der Waals surface area contributed by atoms with Crippen molar-refractivity contribution in [1.82, 2.24) is 15.0 Å². The number of halogens is 4. The second-order valence-corrected chi connectivity index (χ2v) is 3.83. The van der Waals surface area contributed by atoms with Crippen molar-refractivity contribution in [3.05, 3.63) is 22.7 Å². The predicted molar refractivity (Wildman–Crippen MR) is 59.9 cm³/mol. The summed E-state index contributed by atoms with van der Waals surface area (Å²) in [6, 6.07) is 0. The smallest absolute Gasteiger partial charge is 0.432 e. The second-order valence-electron chi connectivity index (χ2n) is 3.49. The molecule has 0 amide bonds. The average Bonchev–Trinajstić information content (AvgIpc) is 2.67. The molecule has 2 aromatic heterocycles. The van der Waals surface area contributed by atoms with Gasteiger partial charge in [0.05, 0.1) is 18.3 Å². The van der Waals surface area contributed by atoms with Gasteiger partial charge in [0.15, 0.2) is 0 Å². The standard InChI is InChI=1S/C10H7ClF3N3O2/c1-2-19-8(18)5-6-4(3-15-9(11)17-6)16-7(5)10(12,13)14/h3,16H,2H2,1H3. The monoisotopic (exact) mass is 293 g/mol. The summed E-state index contributed by atoms with van der Waals surface area (Å²) in [7, 11) is 0. The van der Waals surface area contributed by atoms with Crippen LogP contribution in [0.3, 0.4) is 0 Å². The van der Waals surface area contributed by atoms with Crippen molar-refractivity contribution in [3.8, 4) is 0 Å². The van der Waals surface area contributed by atoms with Gasteiger partial charge in [-0.3, -0.25) is 0 Å². The van der Waals surface area contributed by atoms with Crippen LogP contribution in [0.1, 0.15) is 23.0 Å². The predicted octanol–water partition coefficient (Wildman–Crippen LogP) is 2.81. The third-order valence-electron chi connectivity index (χ3n) is 2.27. The number of alkyl halides is 3. The van der Waals surface area contributed by atoms with Crippen LogP contribution in [0.5, 0.6) is 0 Å². The van der Waals surface area contributed by atoms with E-state index < -0.39 is 23.4 Å². The molecule has 0 aliphatic heterocycles. The zero-order valence-corrected chi connectivity index (χ0v) is 10.3. The number of aromatic amines is 1. The largest absolute Gasteiger partial charge is 0.462 e. The number of carbonyl (C=O) groups is 1. The topological polar surface area (TPSA) is 67.9 Å². The first kappa shape index (κ1) is 13.6. The summed E-state index contributed by atoms with van der Waals surface area (Å²) in [5.41, 5.74) is -2.17. The number of nitrogens with zero attached hydrogens (tertiary/aromatic N) is 2. The van der Waals surface area contributed by atoms with E-state index in [0.29, 0.717) is 0 Å². The quantitative estimate of drug-likeness (QED) is 0.683. The highest BCUT2D eigenvalue weighted by molar-refractivity contribution is 6.28. The average molecular weight is 294 g/mol. The Labute approximate surface area is 109 Å². The van der Waals surface area contributed by atoms with Crippen LogP contribution in [0.25, 0.3) is 11.0 Å². The van der Waals surface area contributed by atoms with E-state index in [1.54, 1.807) is 0 Å². The van der Waals surface area contributed by atoms with Gasteiger partial charge in [0.1, 0.15) is 16.8 Å². The molecule has 2 rings (SSSR count). The summed E-state index contributed by atoms with van der Waals surface area (Å²) < 4.78 is 43.2. The van der Waals surface area contributed by atoms with E-state index in [2.05, 4.69) is 19.7 Å². The van der Waals surface area contributed by atoms with E-state index in [1.165, 1.54) is 6.92 Å². The number of hydrogen-bond acceptors (Lipinski definition) is 4. The van der Waals surface area contributed by atoms with E-state index in [0.717, 1.165) is 6.20 Å². The summed E-state index contributed by atoms with van der Waals surface area (Å²) in [5, 5.41) is -0.259. The number of esters is 1. The summed E-state index contributed by atoms with van der Waals surface area (Å²) in [6.07, 6.45) is -3.67. The molecular formula is C10H7ClF3N3O2. The van der Waals surface area contributed by atoms with Gasteiger partial charge in [0.2, 0.25) is 5.28 Å². The molecule has 0 aromatic carbocycles. The summed E-state index contributed by atoms with van der Waals surface area (Å²) in [6.45, 7) is 1.43. The number of nitrogens with one attached hydrogen (secondary N) is 1. The lowest BCUT2D eigenvalue weighted by molar-refractivity contribution is -0.141. The molecule has 2 aromatic rings. The van der Waals surface area contributed by atoms with Crippen molar-refractivity contribution < 1.29 is 22.7 Å². The Balaban J connectivity index is 2.74. The van der Waals surface area contributed by atoms with Gasteiger partial charge in [-0.05, 0) is 18.5 Å². The van der Waals surface area contributed by atoms with Gasteiger partial charge in [-0.2, -0.15) is 13.2 Å². The van der Waals surface area contributed by atoms with Gasteiger partial charge in [-0.15, -0.1) is 0 Å². The molecule has 0 radical (unpaired) electrons. The molecule has 5 nitrogen and oxygen atoms in total. The number of rotatable bonds is 2. The van der Waals surface area contributed by atoms with Crippen molar-refractivity contribution in [3.63, 3.8) is 0 Å². The molecule has 0 aliphatic carbocycles. The van der Waals surface area contributed by atoms with Gasteiger partial charge in [0, 0.05) is 0 Å². The van der Waals surface area contributed by atoms with Crippen molar-refractivity contribution >= 4 is 28.6 Å². The minimum absolute atomic E-state index is 0.0419. The van der Waals surface area contributed by atoms with E-state index >= 15 is 0 Å². The molecule has 0 fully saturated rings. The lowest BCUT2D eigenvalue weighted by atomic mass is 10.2. The van der Waals surface area contributed by atoms with Crippen LogP contribution in [0.4, 0.5) is 13.2 Å². The third kappa shape index (κ3) is 2.48. The highest BCUT2D eigenvalue weighted by Crippen LogP contribution is 2.35. The molecule has 0 bridgehead atoms. The number of carbonyl (C=O) groups excluding carboxylic acids is 1. The Bertz CT molecular complexity index is 639. The van der Waals surface area contributed by atoms with Crippen LogP contribution in [0, 0.1) is 0 Å². The maximum atomic E-state index is 12.9. The van der Waals surface area contributed by atoms with Gasteiger partial charge in [0.25, 0.3) is 0 Å².